The maximum absolute atomic E-state index is 12.9. The van der Waals surface area contributed by atoms with Crippen LogP contribution in [0.3, 0.4) is 0 Å². The largest absolute Gasteiger partial charge is 0.444 e. The third-order valence-corrected chi connectivity index (χ3v) is 3.70. The molecule has 0 saturated carbocycles. The van der Waals surface area contributed by atoms with Gasteiger partial charge in [-0.2, -0.15) is 0 Å². The molecule has 0 spiro atoms. The minimum absolute atomic E-state index is 0.0475. The zero-order valence-corrected chi connectivity index (χ0v) is 12.7. The summed E-state index contributed by atoms with van der Waals surface area (Å²) in [7, 11) is 0. The average Bonchev–Trinajstić information content (AvgIpc) is 3.05. The first-order valence-electron chi connectivity index (χ1n) is 7.66. The molecule has 6 nitrogen and oxygen atoms in total. The van der Waals surface area contributed by atoms with Gasteiger partial charge >= 0.3 is 6.03 Å². The monoisotopic (exact) mass is 318 g/mol. The van der Waals surface area contributed by atoms with Crippen LogP contribution >= 0.6 is 0 Å². The Morgan fingerprint density at radius 3 is 2.78 bits per heavy atom. The fraction of sp³-hybridized carbons (Fsp3) is 0.375. The van der Waals surface area contributed by atoms with Crippen LogP contribution in [0.15, 0.2) is 34.9 Å². The quantitative estimate of drug-likeness (QED) is 0.899. The molecular formula is C16H19FN4O2. The van der Waals surface area contributed by atoms with Gasteiger partial charge in [0.25, 0.3) is 0 Å². The van der Waals surface area contributed by atoms with E-state index in [1.54, 1.807) is 23.3 Å². The second-order valence-electron chi connectivity index (χ2n) is 5.37. The first kappa shape index (κ1) is 15.5. The van der Waals surface area contributed by atoms with Crippen molar-refractivity contribution in [1.82, 2.24) is 20.5 Å². The van der Waals surface area contributed by atoms with Gasteiger partial charge < -0.3 is 20.0 Å². The van der Waals surface area contributed by atoms with Crippen molar-refractivity contribution in [3.63, 3.8) is 0 Å². The maximum atomic E-state index is 12.9. The lowest BCUT2D eigenvalue weighted by Gasteiger charge is -2.27. The third kappa shape index (κ3) is 4.07. The molecule has 2 aromatic rings. The average molecular weight is 318 g/mol. The first-order chi connectivity index (χ1) is 11.2. The van der Waals surface area contributed by atoms with E-state index in [9.17, 15) is 9.18 Å². The highest BCUT2D eigenvalue weighted by Gasteiger charge is 2.15. The van der Waals surface area contributed by atoms with Crippen molar-refractivity contribution in [2.24, 2.45) is 0 Å². The normalized spacial score (nSPS) is 14.7. The van der Waals surface area contributed by atoms with E-state index in [0.717, 1.165) is 37.4 Å². The lowest BCUT2D eigenvalue weighted by molar-refractivity contribution is 0.190. The predicted molar refractivity (Wildman–Crippen MR) is 83.4 cm³/mol. The van der Waals surface area contributed by atoms with Gasteiger partial charge in [0, 0.05) is 44.7 Å². The smallest absolute Gasteiger partial charge is 0.317 e. The van der Waals surface area contributed by atoms with E-state index in [2.05, 4.69) is 15.6 Å². The number of carbonyl (C=O) groups excluding carboxylic acids is 1. The second kappa shape index (κ2) is 7.23. The van der Waals surface area contributed by atoms with Crippen LogP contribution in [0.2, 0.25) is 0 Å². The van der Waals surface area contributed by atoms with Crippen LogP contribution < -0.4 is 10.6 Å². The van der Waals surface area contributed by atoms with Gasteiger partial charge in [0.15, 0.2) is 0 Å². The van der Waals surface area contributed by atoms with Crippen LogP contribution in [0.4, 0.5) is 9.18 Å². The molecular weight excluding hydrogens is 299 g/mol. The zero-order chi connectivity index (χ0) is 16.1. The van der Waals surface area contributed by atoms with Gasteiger partial charge in [-0.25, -0.2) is 14.2 Å². The number of nitrogens with zero attached hydrogens (tertiary/aromatic N) is 2. The van der Waals surface area contributed by atoms with Crippen molar-refractivity contribution in [2.45, 2.75) is 6.42 Å². The highest BCUT2D eigenvalue weighted by Crippen LogP contribution is 2.18. The predicted octanol–water partition coefficient (Wildman–Crippen LogP) is 1.64. The van der Waals surface area contributed by atoms with Crippen molar-refractivity contribution < 1.29 is 13.6 Å². The van der Waals surface area contributed by atoms with Gasteiger partial charge in [0.2, 0.25) is 5.89 Å². The molecule has 2 heterocycles. The number of urea groups is 1. The molecule has 7 heteroatoms. The molecule has 0 aliphatic carbocycles. The number of aromatic nitrogens is 1. The molecule has 1 fully saturated rings. The summed E-state index contributed by atoms with van der Waals surface area (Å²) < 4.78 is 18.3. The van der Waals surface area contributed by atoms with Gasteiger partial charge in [-0.3, -0.25) is 0 Å². The molecule has 1 aromatic heterocycles. The van der Waals surface area contributed by atoms with Crippen LogP contribution in [0.1, 0.15) is 5.69 Å². The SMILES string of the molecule is O=C(NCCc1coc(-c2ccc(F)cc2)n1)N1CCNCC1. The van der Waals surface area contributed by atoms with Crippen molar-refractivity contribution in [3.05, 3.63) is 42.0 Å². The van der Waals surface area contributed by atoms with Crippen molar-refractivity contribution >= 4 is 6.03 Å². The molecule has 0 atom stereocenters. The van der Waals surface area contributed by atoms with Gasteiger partial charge in [0.1, 0.15) is 12.1 Å². The number of hydrogen-bond acceptors (Lipinski definition) is 4. The number of piperazine rings is 1. The Labute approximate surface area is 133 Å². The number of amides is 2. The highest BCUT2D eigenvalue weighted by molar-refractivity contribution is 5.74. The van der Waals surface area contributed by atoms with E-state index in [-0.39, 0.29) is 11.8 Å². The molecule has 0 bridgehead atoms. The van der Waals surface area contributed by atoms with Crippen LogP contribution in [0.25, 0.3) is 11.5 Å². The number of benzene rings is 1. The van der Waals surface area contributed by atoms with E-state index in [1.807, 2.05) is 0 Å². The summed E-state index contributed by atoms with van der Waals surface area (Å²) in [6, 6.07) is 5.93. The Bertz CT molecular complexity index is 650. The van der Waals surface area contributed by atoms with E-state index in [1.165, 1.54) is 12.1 Å². The molecule has 1 aliphatic heterocycles. The number of carbonyl (C=O) groups is 1. The number of halogens is 1. The zero-order valence-electron chi connectivity index (χ0n) is 12.7. The van der Waals surface area contributed by atoms with Gasteiger partial charge in [-0.1, -0.05) is 0 Å². The Morgan fingerprint density at radius 2 is 2.04 bits per heavy atom. The molecule has 3 rings (SSSR count). The van der Waals surface area contributed by atoms with Crippen molar-refractivity contribution in [1.29, 1.82) is 0 Å². The Morgan fingerprint density at radius 1 is 1.30 bits per heavy atom. The maximum Gasteiger partial charge on any atom is 0.317 e. The molecule has 1 aromatic carbocycles. The lowest BCUT2D eigenvalue weighted by atomic mass is 10.2. The Balaban J connectivity index is 1.49. The molecule has 0 unspecified atom stereocenters. The molecule has 2 N–H and O–H groups in total. The first-order valence-corrected chi connectivity index (χ1v) is 7.66. The van der Waals surface area contributed by atoms with Gasteiger partial charge in [0.05, 0.1) is 5.69 Å². The minimum Gasteiger partial charge on any atom is -0.444 e. The molecule has 2 amide bonds. The summed E-state index contributed by atoms with van der Waals surface area (Å²) in [5.41, 5.74) is 1.48. The minimum atomic E-state index is -0.295. The van der Waals surface area contributed by atoms with Crippen molar-refractivity contribution in [2.75, 3.05) is 32.7 Å². The topological polar surface area (TPSA) is 70.4 Å². The number of nitrogens with one attached hydrogen (secondary N) is 2. The summed E-state index contributed by atoms with van der Waals surface area (Å²) in [4.78, 5) is 18.1. The van der Waals surface area contributed by atoms with Gasteiger partial charge in [-0.05, 0) is 24.3 Å². The van der Waals surface area contributed by atoms with Crippen LogP contribution in [-0.4, -0.2) is 48.6 Å². The van der Waals surface area contributed by atoms with E-state index < -0.39 is 0 Å². The fourth-order valence-corrected chi connectivity index (χ4v) is 2.42. The molecule has 23 heavy (non-hydrogen) atoms. The molecule has 1 aliphatic rings. The summed E-state index contributed by atoms with van der Waals surface area (Å²) in [5, 5.41) is 6.09. The molecule has 1 saturated heterocycles. The second-order valence-corrected chi connectivity index (χ2v) is 5.37. The number of oxazole rings is 1. The Kier molecular flexibility index (Phi) is 4.87. The summed E-state index contributed by atoms with van der Waals surface area (Å²) in [5.74, 6) is 0.157. The van der Waals surface area contributed by atoms with Crippen LogP contribution in [0.5, 0.6) is 0 Å². The number of hydrogen-bond donors (Lipinski definition) is 2. The molecule has 0 radical (unpaired) electrons. The fourth-order valence-electron chi connectivity index (χ4n) is 2.42. The van der Waals surface area contributed by atoms with Crippen LogP contribution in [-0.2, 0) is 6.42 Å². The van der Waals surface area contributed by atoms with E-state index >= 15 is 0 Å². The lowest BCUT2D eigenvalue weighted by Crippen LogP contribution is -2.50. The molecule has 122 valence electrons. The van der Waals surface area contributed by atoms with Gasteiger partial charge in [-0.15, -0.1) is 0 Å². The third-order valence-electron chi connectivity index (χ3n) is 3.70. The van der Waals surface area contributed by atoms with Crippen LogP contribution in [0, 0.1) is 5.82 Å². The van der Waals surface area contributed by atoms with E-state index in [0.29, 0.717) is 18.9 Å². The Hall–Kier alpha value is -2.41. The standard InChI is InChI=1S/C16H19FN4O2/c17-13-3-1-12(2-4-13)15-20-14(11-23-15)5-6-19-16(22)21-9-7-18-8-10-21/h1-4,11,18H,5-10H2,(H,19,22). The summed E-state index contributed by atoms with van der Waals surface area (Å²) in [6.45, 7) is 3.61. The van der Waals surface area contributed by atoms with E-state index in [4.69, 9.17) is 4.42 Å². The number of rotatable bonds is 4. The summed E-state index contributed by atoms with van der Waals surface area (Å²) in [6.07, 6.45) is 2.15. The summed E-state index contributed by atoms with van der Waals surface area (Å²) >= 11 is 0. The highest BCUT2D eigenvalue weighted by atomic mass is 19.1. The van der Waals surface area contributed by atoms with Crippen molar-refractivity contribution in [3.8, 4) is 11.5 Å².